The van der Waals surface area contributed by atoms with Crippen molar-refractivity contribution in [3.05, 3.63) is 82.9 Å². The van der Waals surface area contributed by atoms with Crippen LogP contribution in [0.3, 0.4) is 0 Å². The number of aromatic nitrogens is 1. The van der Waals surface area contributed by atoms with E-state index in [9.17, 15) is 0 Å². The van der Waals surface area contributed by atoms with Gasteiger partial charge in [-0.25, -0.2) is 0 Å². The maximum Gasteiger partial charge on any atom is 0.0530 e. The standard InChI is InChI=1S/C22H19N/c1-2-23-21-10-6-5-9-18(21)19-12-11-17-13-15-7-3-4-8-16(15)14-20(17)22(19)23/h3-12H,2,13-14H2,1H3. The molecule has 23 heavy (non-hydrogen) atoms. The monoisotopic (exact) mass is 297 g/mol. The molecule has 1 aliphatic rings. The Morgan fingerprint density at radius 1 is 0.739 bits per heavy atom. The topological polar surface area (TPSA) is 4.93 Å². The van der Waals surface area contributed by atoms with E-state index in [4.69, 9.17) is 0 Å². The first-order valence-corrected chi connectivity index (χ1v) is 8.45. The van der Waals surface area contributed by atoms with Gasteiger partial charge in [-0.1, -0.05) is 54.6 Å². The lowest BCUT2D eigenvalue weighted by Gasteiger charge is -2.21. The number of nitrogens with zero attached hydrogens (tertiary/aromatic N) is 1. The van der Waals surface area contributed by atoms with Gasteiger partial charge in [0.2, 0.25) is 0 Å². The van der Waals surface area contributed by atoms with Gasteiger partial charge >= 0.3 is 0 Å². The van der Waals surface area contributed by atoms with Crippen molar-refractivity contribution in [1.29, 1.82) is 0 Å². The smallest absolute Gasteiger partial charge is 0.0530 e. The van der Waals surface area contributed by atoms with Crippen molar-refractivity contribution >= 4 is 21.8 Å². The third-order valence-electron chi connectivity index (χ3n) is 5.32. The maximum absolute atomic E-state index is 2.50. The van der Waals surface area contributed by atoms with Crippen LogP contribution in [0.1, 0.15) is 29.2 Å². The van der Waals surface area contributed by atoms with Crippen LogP contribution < -0.4 is 0 Å². The molecule has 1 nitrogen and oxygen atoms in total. The van der Waals surface area contributed by atoms with Gasteiger partial charge in [-0.3, -0.25) is 0 Å². The Balaban J connectivity index is 1.88. The average Bonchev–Trinajstić information content (AvgIpc) is 2.94. The van der Waals surface area contributed by atoms with Crippen molar-refractivity contribution in [2.24, 2.45) is 0 Å². The fourth-order valence-corrected chi connectivity index (χ4v) is 4.25. The minimum atomic E-state index is 1.02. The van der Waals surface area contributed by atoms with Crippen molar-refractivity contribution in [2.45, 2.75) is 26.3 Å². The zero-order valence-corrected chi connectivity index (χ0v) is 13.3. The largest absolute Gasteiger partial charge is 0.341 e. The molecule has 0 saturated carbocycles. The number of benzene rings is 3. The van der Waals surface area contributed by atoms with Gasteiger partial charge in [0.25, 0.3) is 0 Å². The average molecular weight is 297 g/mol. The van der Waals surface area contributed by atoms with E-state index in [2.05, 4.69) is 72.2 Å². The minimum Gasteiger partial charge on any atom is -0.341 e. The molecule has 0 radical (unpaired) electrons. The lowest BCUT2D eigenvalue weighted by atomic mass is 9.85. The minimum absolute atomic E-state index is 1.02. The summed E-state index contributed by atoms with van der Waals surface area (Å²) in [4.78, 5) is 0. The van der Waals surface area contributed by atoms with E-state index in [0.717, 1.165) is 19.4 Å². The molecule has 1 heterocycles. The maximum atomic E-state index is 2.50. The predicted molar refractivity (Wildman–Crippen MR) is 97.2 cm³/mol. The Kier molecular flexibility index (Phi) is 2.66. The van der Waals surface area contributed by atoms with E-state index in [1.54, 1.807) is 0 Å². The molecule has 0 amide bonds. The number of para-hydroxylation sites is 1. The van der Waals surface area contributed by atoms with Crippen molar-refractivity contribution in [3.8, 4) is 0 Å². The number of fused-ring (bicyclic) bond motifs is 6. The highest BCUT2D eigenvalue weighted by Gasteiger charge is 2.20. The first-order valence-electron chi connectivity index (χ1n) is 8.45. The second-order valence-electron chi connectivity index (χ2n) is 6.48. The predicted octanol–water partition coefficient (Wildman–Crippen LogP) is 5.31. The fraction of sp³-hybridized carbons (Fsp3) is 0.182. The van der Waals surface area contributed by atoms with Crippen LogP contribution >= 0.6 is 0 Å². The van der Waals surface area contributed by atoms with Crippen LogP contribution in [0.25, 0.3) is 21.8 Å². The van der Waals surface area contributed by atoms with E-state index in [-0.39, 0.29) is 0 Å². The van der Waals surface area contributed by atoms with E-state index in [0.29, 0.717) is 0 Å². The Morgan fingerprint density at radius 2 is 1.48 bits per heavy atom. The molecule has 0 spiro atoms. The Hall–Kier alpha value is -2.54. The van der Waals surface area contributed by atoms with Crippen molar-refractivity contribution in [3.63, 3.8) is 0 Å². The summed E-state index contributed by atoms with van der Waals surface area (Å²) in [6, 6.07) is 22.4. The molecule has 0 atom stereocenters. The molecule has 5 rings (SSSR count). The van der Waals surface area contributed by atoms with Crippen LogP contribution in [0.15, 0.2) is 60.7 Å². The molecule has 0 unspecified atom stereocenters. The molecular weight excluding hydrogens is 278 g/mol. The third-order valence-corrected chi connectivity index (χ3v) is 5.32. The molecule has 0 aliphatic heterocycles. The normalized spacial score (nSPS) is 13.3. The molecule has 0 saturated heterocycles. The van der Waals surface area contributed by atoms with Gasteiger partial charge in [0, 0.05) is 29.3 Å². The zero-order chi connectivity index (χ0) is 15.4. The number of rotatable bonds is 1. The first kappa shape index (κ1) is 13.0. The molecule has 112 valence electrons. The molecule has 1 heteroatoms. The molecule has 1 aromatic heterocycles. The lowest BCUT2D eigenvalue weighted by molar-refractivity contribution is 0.819. The van der Waals surface area contributed by atoms with Crippen LogP contribution in [0, 0.1) is 0 Å². The third kappa shape index (κ3) is 1.74. The molecule has 0 N–H and O–H groups in total. The second-order valence-corrected chi connectivity index (χ2v) is 6.48. The van der Waals surface area contributed by atoms with Gasteiger partial charge in [0.15, 0.2) is 0 Å². The summed E-state index contributed by atoms with van der Waals surface area (Å²) >= 11 is 0. The van der Waals surface area contributed by atoms with Gasteiger partial charge in [0.05, 0.1) is 5.52 Å². The van der Waals surface area contributed by atoms with Gasteiger partial charge in [0.1, 0.15) is 0 Å². The van der Waals surface area contributed by atoms with Crippen LogP contribution in [-0.2, 0) is 19.4 Å². The summed E-state index contributed by atoms with van der Waals surface area (Å²) in [6.07, 6.45) is 2.12. The Morgan fingerprint density at radius 3 is 2.30 bits per heavy atom. The number of hydrogen-bond acceptors (Lipinski definition) is 0. The summed E-state index contributed by atoms with van der Waals surface area (Å²) in [7, 11) is 0. The summed E-state index contributed by atoms with van der Waals surface area (Å²) < 4.78 is 2.50. The Labute approximate surface area is 136 Å². The van der Waals surface area contributed by atoms with E-state index < -0.39 is 0 Å². The molecule has 0 bridgehead atoms. The van der Waals surface area contributed by atoms with E-state index in [1.165, 1.54) is 44.1 Å². The summed E-state index contributed by atoms with van der Waals surface area (Å²) in [5, 5.41) is 2.78. The van der Waals surface area contributed by atoms with Crippen molar-refractivity contribution < 1.29 is 0 Å². The Bertz CT molecular complexity index is 1050. The highest BCUT2D eigenvalue weighted by molar-refractivity contribution is 6.09. The van der Waals surface area contributed by atoms with Crippen LogP contribution in [0.4, 0.5) is 0 Å². The van der Waals surface area contributed by atoms with Crippen LogP contribution in [0.5, 0.6) is 0 Å². The lowest BCUT2D eigenvalue weighted by Crippen LogP contribution is -2.09. The zero-order valence-electron chi connectivity index (χ0n) is 13.3. The summed E-state index contributed by atoms with van der Waals surface area (Å²) in [6.45, 7) is 3.27. The number of hydrogen-bond donors (Lipinski definition) is 0. The van der Waals surface area contributed by atoms with E-state index >= 15 is 0 Å². The fourth-order valence-electron chi connectivity index (χ4n) is 4.25. The highest BCUT2D eigenvalue weighted by atomic mass is 15.0. The molecule has 0 fully saturated rings. The van der Waals surface area contributed by atoms with Crippen molar-refractivity contribution in [1.82, 2.24) is 4.57 Å². The molecular formula is C22H19N. The van der Waals surface area contributed by atoms with Gasteiger partial charge in [-0.05, 0) is 41.7 Å². The molecule has 1 aliphatic carbocycles. The highest BCUT2D eigenvalue weighted by Crippen LogP contribution is 2.37. The first-order chi connectivity index (χ1) is 11.4. The SMILES string of the molecule is CCn1c2ccccc2c2ccc3c(c21)Cc1ccccc1C3. The van der Waals surface area contributed by atoms with Gasteiger partial charge in [-0.15, -0.1) is 0 Å². The van der Waals surface area contributed by atoms with Gasteiger partial charge in [-0.2, -0.15) is 0 Å². The molecule has 4 aromatic rings. The summed E-state index contributed by atoms with van der Waals surface area (Å²) in [5.74, 6) is 0. The van der Waals surface area contributed by atoms with Gasteiger partial charge < -0.3 is 4.57 Å². The quantitative estimate of drug-likeness (QED) is 0.395. The van der Waals surface area contributed by atoms with E-state index in [1.807, 2.05) is 0 Å². The van der Waals surface area contributed by atoms with Crippen LogP contribution in [0.2, 0.25) is 0 Å². The van der Waals surface area contributed by atoms with Crippen LogP contribution in [-0.4, -0.2) is 4.57 Å². The summed E-state index contributed by atoms with van der Waals surface area (Å²) in [5.41, 5.74) is 8.80. The number of aryl methyl sites for hydroxylation is 1. The second kappa shape index (κ2) is 4.73. The molecule has 3 aromatic carbocycles. The van der Waals surface area contributed by atoms with Crippen molar-refractivity contribution in [2.75, 3.05) is 0 Å².